The van der Waals surface area contributed by atoms with Crippen molar-refractivity contribution in [1.82, 2.24) is 0 Å². The fourth-order valence-electron chi connectivity index (χ4n) is 5.47. The lowest BCUT2D eigenvalue weighted by molar-refractivity contribution is 1.02. The first-order chi connectivity index (χ1) is 17.3. The van der Waals surface area contributed by atoms with Crippen molar-refractivity contribution in [3.8, 4) is 0 Å². The largest absolute Gasteiger partial charge is 0.253 e. The van der Waals surface area contributed by atoms with Gasteiger partial charge in [-0.05, 0) is 48.5 Å². The predicted molar refractivity (Wildman–Crippen MR) is 165 cm³/mol. The maximum Gasteiger partial charge on any atom is 0.0683 e. The van der Waals surface area contributed by atoms with Gasteiger partial charge in [-0.3, -0.25) is 4.74 Å². The molecular weight excluding hydrogens is 472 g/mol. The summed E-state index contributed by atoms with van der Waals surface area (Å²) in [7, 11) is -2.74. The number of aryl methyl sites for hydroxylation is 3. The fraction of sp³-hybridized carbons (Fsp3) is 0.273. The van der Waals surface area contributed by atoms with Gasteiger partial charge in [-0.25, -0.2) is 0 Å². The first-order valence-corrected chi connectivity index (χ1v) is 16.2. The highest BCUT2D eigenvalue weighted by Gasteiger charge is 2.33. The molecule has 0 aliphatic carbocycles. The second-order valence-electron chi connectivity index (χ2n) is 10.2. The SMILES string of the molecule is Cc1cc(C)c(N=P(c2ccccc2)(c2ccccc2)c2ccccc2P(C(C)C)C(C)C)c(C)c1. The van der Waals surface area contributed by atoms with Crippen molar-refractivity contribution in [3.05, 3.63) is 114 Å². The summed E-state index contributed by atoms with van der Waals surface area (Å²) >= 11 is 0. The van der Waals surface area contributed by atoms with E-state index < -0.39 is 7.05 Å². The molecule has 0 radical (unpaired) electrons. The Morgan fingerprint density at radius 3 is 1.53 bits per heavy atom. The first-order valence-electron chi connectivity index (χ1n) is 12.9. The maximum absolute atomic E-state index is 5.92. The molecule has 0 bridgehead atoms. The monoisotopic (exact) mass is 511 g/mol. The Balaban J connectivity index is 2.24. The third kappa shape index (κ3) is 5.16. The third-order valence-corrected chi connectivity index (χ3v) is 13.8. The number of hydrogen-bond donors (Lipinski definition) is 0. The van der Waals surface area contributed by atoms with Crippen LogP contribution in [-0.2, 0) is 0 Å². The van der Waals surface area contributed by atoms with Gasteiger partial charge in [0.15, 0.2) is 0 Å². The van der Waals surface area contributed by atoms with Crippen LogP contribution in [0.15, 0.2) is 102 Å². The number of rotatable bonds is 7. The zero-order valence-electron chi connectivity index (χ0n) is 22.7. The van der Waals surface area contributed by atoms with Crippen LogP contribution in [-0.4, -0.2) is 11.3 Å². The van der Waals surface area contributed by atoms with Crippen molar-refractivity contribution >= 4 is 41.9 Å². The van der Waals surface area contributed by atoms with E-state index in [0.717, 1.165) is 5.69 Å². The van der Waals surface area contributed by atoms with E-state index in [1.807, 2.05) is 0 Å². The molecule has 0 aromatic heterocycles. The van der Waals surface area contributed by atoms with Crippen LogP contribution in [0.1, 0.15) is 44.4 Å². The van der Waals surface area contributed by atoms with Crippen molar-refractivity contribution in [2.75, 3.05) is 0 Å². The van der Waals surface area contributed by atoms with Crippen molar-refractivity contribution in [2.45, 2.75) is 59.8 Å². The molecular formula is C33H39NP2. The minimum atomic E-state index is -2.37. The second kappa shape index (κ2) is 11.3. The Hall–Kier alpha value is -2.46. The van der Waals surface area contributed by atoms with Crippen LogP contribution in [0.5, 0.6) is 0 Å². The summed E-state index contributed by atoms with van der Waals surface area (Å²) < 4.78 is 5.92. The van der Waals surface area contributed by atoms with Crippen molar-refractivity contribution in [2.24, 2.45) is 4.74 Å². The first kappa shape index (κ1) is 26.6. The molecule has 0 amide bonds. The van der Waals surface area contributed by atoms with Crippen LogP contribution in [0.25, 0.3) is 0 Å². The minimum Gasteiger partial charge on any atom is -0.253 e. The molecule has 0 saturated heterocycles. The van der Waals surface area contributed by atoms with E-state index in [4.69, 9.17) is 4.74 Å². The Bertz CT molecular complexity index is 1300. The van der Waals surface area contributed by atoms with Crippen LogP contribution in [0.3, 0.4) is 0 Å². The summed E-state index contributed by atoms with van der Waals surface area (Å²) in [4.78, 5) is 0. The highest BCUT2D eigenvalue weighted by molar-refractivity contribution is 7.89. The second-order valence-corrected chi connectivity index (χ2v) is 16.6. The summed E-state index contributed by atoms with van der Waals surface area (Å²) in [6, 6.07) is 35.9. The van der Waals surface area contributed by atoms with E-state index in [9.17, 15) is 0 Å². The van der Waals surface area contributed by atoms with Crippen molar-refractivity contribution < 1.29 is 0 Å². The van der Waals surface area contributed by atoms with Gasteiger partial charge in [-0.2, -0.15) is 0 Å². The molecule has 0 aliphatic rings. The lowest BCUT2D eigenvalue weighted by Gasteiger charge is -2.34. The van der Waals surface area contributed by atoms with Crippen LogP contribution < -0.4 is 21.2 Å². The summed E-state index contributed by atoms with van der Waals surface area (Å²) in [6.45, 7) is 16.2. The Morgan fingerprint density at radius 2 is 1.06 bits per heavy atom. The van der Waals surface area contributed by atoms with E-state index >= 15 is 0 Å². The smallest absolute Gasteiger partial charge is 0.0683 e. The van der Waals surface area contributed by atoms with E-state index in [0.29, 0.717) is 11.3 Å². The number of nitrogens with zero attached hydrogens (tertiary/aromatic N) is 1. The van der Waals surface area contributed by atoms with Crippen LogP contribution >= 0.6 is 15.0 Å². The predicted octanol–water partition coefficient (Wildman–Crippen LogP) is 8.35. The lowest BCUT2D eigenvalue weighted by atomic mass is 10.1. The Kier molecular flexibility index (Phi) is 8.34. The molecule has 0 fully saturated rings. The molecule has 1 nitrogen and oxygen atoms in total. The van der Waals surface area contributed by atoms with Gasteiger partial charge in [0.2, 0.25) is 0 Å². The van der Waals surface area contributed by atoms with Crippen LogP contribution in [0.2, 0.25) is 0 Å². The summed E-state index contributed by atoms with van der Waals surface area (Å²) in [5.74, 6) is 0. The molecule has 0 spiro atoms. The van der Waals surface area contributed by atoms with E-state index in [1.54, 1.807) is 0 Å². The van der Waals surface area contributed by atoms with E-state index in [2.05, 4.69) is 146 Å². The average molecular weight is 512 g/mol. The normalized spacial score (nSPS) is 11.9. The van der Waals surface area contributed by atoms with Crippen LogP contribution in [0, 0.1) is 20.8 Å². The molecule has 0 N–H and O–H groups in total. The summed E-state index contributed by atoms with van der Waals surface area (Å²) in [6.07, 6.45) is 0. The van der Waals surface area contributed by atoms with E-state index in [1.165, 1.54) is 37.9 Å². The van der Waals surface area contributed by atoms with Crippen molar-refractivity contribution in [1.29, 1.82) is 0 Å². The zero-order valence-corrected chi connectivity index (χ0v) is 24.5. The Morgan fingerprint density at radius 1 is 0.611 bits per heavy atom. The minimum absolute atomic E-state index is 0.367. The molecule has 0 unspecified atom stereocenters. The molecule has 4 aromatic rings. The number of hydrogen-bond acceptors (Lipinski definition) is 1. The summed E-state index contributed by atoms with van der Waals surface area (Å²) in [5.41, 5.74) is 6.10. The van der Waals surface area contributed by atoms with Gasteiger partial charge < -0.3 is 0 Å². The zero-order chi connectivity index (χ0) is 25.9. The van der Waals surface area contributed by atoms with Gasteiger partial charge in [0.1, 0.15) is 0 Å². The third-order valence-electron chi connectivity index (χ3n) is 6.77. The maximum atomic E-state index is 5.92. The van der Waals surface area contributed by atoms with Crippen molar-refractivity contribution in [3.63, 3.8) is 0 Å². The van der Waals surface area contributed by atoms with Gasteiger partial charge in [-0.15, -0.1) is 0 Å². The van der Waals surface area contributed by atoms with Gasteiger partial charge in [-0.1, -0.05) is 138 Å². The van der Waals surface area contributed by atoms with Gasteiger partial charge >= 0.3 is 0 Å². The number of benzene rings is 4. The molecule has 0 aliphatic heterocycles. The molecule has 4 rings (SSSR count). The quantitative estimate of drug-likeness (QED) is 0.221. The van der Waals surface area contributed by atoms with Gasteiger partial charge in [0, 0.05) is 15.9 Å². The molecule has 0 heterocycles. The molecule has 4 aromatic carbocycles. The summed E-state index contributed by atoms with van der Waals surface area (Å²) in [5, 5.41) is 5.54. The fourth-order valence-corrected chi connectivity index (χ4v) is 12.9. The average Bonchev–Trinajstić information content (AvgIpc) is 2.85. The molecule has 0 saturated carbocycles. The molecule has 36 heavy (non-hydrogen) atoms. The lowest BCUT2D eigenvalue weighted by Crippen LogP contribution is -2.35. The van der Waals surface area contributed by atoms with Gasteiger partial charge in [0.05, 0.1) is 12.7 Å². The molecule has 0 atom stereocenters. The van der Waals surface area contributed by atoms with Gasteiger partial charge in [0.25, 0.3) is 0 Å². The highest BCUT2D eigenvalue weighted by Crippen LogP contribution is 2.53. The molecule has 186 valence electrons. The molecule has 3 heteroatoms. The Labute approximate surface area is 219 Å². The highest BCUT2D eigenvalue weighted by atomic mass is 31.2. The topological polar surface area (TPSA) is 12.4 Å². The van der Waals surface area contributed by atoms with E-state index in [-0.39, 0.29) is 7.92 Å². The standard InChI is InChI=1S/C33H39NP2/c1-24(2)35(25(3)4)31-20-14-15-21-32(31)36(29-16-10-8-11-17-29,30-18-12-9-13-19-30)34-33-27(6)22-26(5)23-28(33)7/h8-25H,1-7H3. The van der Waals surface area contributed by atoms with Crippen LogP contribution in [0.4, 0.5) is 5.69 Å².